The molecule has 0 saturated carbocycles. The second kappa shape index (κ2) is 5.09. The van der Waals surface area contributed by atoms with Gasteiger partial charge in [0.05, 0.1) is 0 Å². The van der Waals surface area contributed by atoms with E-state index in [1.807, 2.05) is 6.07 Å². The lowest BCUT2D eigenvalue weighted by Crippen LogP contribution is -1.93. The predicted octanol–water partition coefficient (Wildman–Crippen LogP) is 4.51. The molecule has 0 unspecified atom stereocenters. The first-order valence-corrected chi connectivity index (χ1v) is 6.70. The molecular formula is C15H10BrFN2O. The second-order valence-electron chi connectivity index (χ2n) is 4.23. The van der Waals surface area contributed by atoms with Gasteiger partial charge in [0.1, 0.15) is 5.52 Å². The van der Waals surface area contributed by atoms with Crippen molar-refractivity contribution in [2.24, 2.45) is 0 Å². The molecule has 0 aliphatic heterocycles. The fourth-order valence-electron chi connectivity index (χ4n) is 1.93. The van der Waals surface area contributed by atoms with Crippen LogP contribution < -0.4 is 10.5 Å². The van der Waals surface area contributed by atoms with Crippen LogP contribution in [0.4, 0.5) is 10.1 Å². The number of nitrogens with zero attached hydrogens (tertiary/aromatic N) is 1. The number of pyridine rings is 1. The molecular weight excluding hydrogens is 323 g/mol. The molecule has 0 bridgehead atoms. The van der Waals surface area contributed by atoms with E-state index in [1.54, 1.807) is 36.5 Å². The molecule has 0 fully saturated rings. The van der Waals surface area contributed by atoms with Gasteiger partial charge in [-0.25, -0.2) is 4.39 Å². The van der Waals surface area contributed by atoms with E-state index >= 15 is 0 Å². The van der Waals surface area contributed by atoms with Gasteiger partial charge in [0.15, 0.2) is 17.3 Å². The average molecular weight is 333 g/mol. The van der Waals surface area contributed by atoms with E-state index < -0.39 is 5.82 Å². The number of nitrogens with two attached hydrogens (primary N) is 1. The topological polar surface area (TPSA) is 48.1 Å². The minimum absolute atomic E-state index is 0.143. The summed E-state index contributed by atoms with van der Waals surface area (Å²) >= 11 is 3.21. The summed E-state index contributed by atoms with van der Waals surface area (Å²) in [7, 11) is 0. The number of nitrogen functional groups attached to an aromatic ring is 1. The van der Waals surface area contributed by atoms with Crippen LogP contribution in [0, 0.1) is 5.82 Å². The molecule has 1 aromatic heterocycles. The highest BCUT2D eigenvalue weighted by Gasteiger charge is 2.10. The number of hydrogen-bond donors (Lipinski definition) is 1. The van der Waals surface area contributed by atoms with Gasteiger partial charge in [0.25, 0.3) is 0 Å². The highest BCUT2D eigenvalue weighted by atomic mass is 79.9. The molecule has 3 rings (SSSR count). The van der Waals surface area contributed by atoms with Gasteiger partial charge >= 0.3 is 0 Å². The van der Waals surface area contributed by atoms with Gasteiger partial charge in [-0.3, -0.25) is 4.98 Å². The third-order valence-corrected chi connectivity index (χ3v) is 3.37. The number of benzene rings is 2. The molecule has 2 aromatic carbocycles. The van der Waals surface area contributed by atoms with Crippen molar-refractivity contribution in [3.8, 4) is 11.5 Å². The van der Waals surface area contributed by atoms with Crippen molar-refractivity contribution in [2.45, 2.75) is 0 Å². The molecule has 2 N–H and O–H groups in total. The first-order valence-electron chi connectivity index (χ1n) is 5.91. The SMILES string of the molecule is Nc1ccc(Oc2ccc(Br)cc2F)c2ncccc12. The van der Waals surface area contributed by atoms with E-state index in [1.165, 1.54) is 6.07 Å². The number of rotatable bonds is 2. The van der Waals surface area contributed by atoms with Gasteiger partial charge in [0, 0.05) is 21.7 Å². The first kappa shape index (κ1) is 12.9. The number of hydrogen-bond acceptors (Lipinski definition) is 3. The van der Waals surface area contributed by atoms with Crippen LogP contribution in [-0.2, 0) is 0 Å². The Bertz CT molecular complexity index is 792. The molecule has 5 heteroatoms. The van der Waals surface area contributed by atoms with E-state index in [9.17, 15) is 4.39 Å². The molecule has 0 radical (unpaired) electrons. The average Bonchev–Trinajstić information content (AvgIpc) is 2.45. The normalized spacial score (nSPS) is 10.7. The largest absolute Gasteiger partial charge is 0.452 e. The molecule has 3 nitrogen and oxygen atoms in total. The van der Waals surface area contributed by atoms with Crippen LogP contribution in [-0.4, -0.2) is 4.98 Å². The lowest BCUT2D eigenvalue weighted by molar-refractivity contribution is 0.445. The number of aromatic nitrogens is 1. The second-order valence-corrected chi connectivity index (χ2v) is 5.14. The minimum atomic E-state index is -0.444. The first-order chi connectivity index (χ1) is 9.65. The van der Waals surface area contributed by atoms with Crippen LogP contribution in [0.3, 0.4) is 0 Å². The zero-order valence-corrected chi connectivity index (χ0v) is 11.9. The van der Waals surface area contributed by atoms with Crippen molar-refractivity contribution < 1.29 is 9.13 Å². The van der Waals surface area contributed by atoms with Gasteiger partial charge in [-0.2, -0.15) is 0 Å². The Morgan fingerprint density at radius 1 is 1.10 bits per heavy atom. The maximum atomic E-state index is 13.8. The maximum absolute atomic E-state index is 13.8. The Labute approximate surface area is 123 Å². The van der Waals surface area contributed by atoms with E-state index in [2.05, 4.69) is 20.9 Å². The zero-order chi connectivity index (χ0) is 14.1. The molecule has 0 atom stereocenters. The monoisotopic (exact) mass is 332 g/mol. The molecule has 0 saturated heterocycles. The maximum Gasteiger partial charge on any atom is 0.166 e. The van der Waals surface area contributed by atoms with Crippen LogP contribution in [0.15, 0.2) is 53.1 Å². The van der Waals surface area contributed by atoms with E-state index in [-0.39, 0.29) is 5.75 Å². The number of fused-ring (bicyclic) bond motifs is 1. The quantitative estimate of drug-likeness (QED) is 0.702. The highest BCUT2D eigenvalue weighted by Crippen LogP contribution is 2.33. The summed E-state index contributed by atoms with van der Waals surface area (Å²) in [6, 6.07) is 11.7. The van der Waals surface area contributed by atoms with Crippen molar-refractivity contribution in [3.63, 3.8) is 0 Å². The van der Waals surface area contributed by atoms with Crippen molar-refractivity contribution in [1.82, 2.24) is 4.98 Å². The highest BCUT2D eigenvalue weighted by molar-refractivity contribution is 9.10. The summed E-state index contributed by atoms with van der Waals surface area (Å²) in [5, 5.41) is 0.780. The molecule has 100 valence electrons. The summed E-state index contributed by atoms with van der Waals surface area (Å²) < 4.78 is 20.1. The third-order valence-electron chi connectivity index (χ3n) is 2.88. The fraction of sp³-hybridized carbons (Fsp3) is 0. The molecule has 20 heavy (non-hydrogen) atoms. The Kier molecular flexibility index (Phi) is 3.28. The van der Waals surface area contributed by atoms with Gasteiger partial charge in [-0.15, -0.1) is 0 Å². The van der Waals surface area contributed by atoms with Crippen LogP contribution in [0.1, 0.15) is 0 Å². The lowest BCUT2D eigenvalue weighted by Gasteiger charge is -2.10. The number of halogens is 2. The Balaban J connectivity index is 2.09. The Morgan fingerprint density at radius 2 is 1.90 bits per heavy atom. The van der Waals surface area contributed by atoms with E-state index in [0.29, 0.717) is 21.4 Å². The van der Waals surface area contributed by atoms with Crippen LogP contribution in [0.5, 0.6) is 11.5 Å². The molecule has 0 aliphatic rings. The van der Waals surface area contributed by atoms with Gasteiger partial charge in [-0.05, 0) is 42.5 Å². The summed E-state index contributed by atoms with van der Waals surface area (Å²) in [4.78, 5) is 4.25. The van der Waals surface area contributed by atoms with Crippen LogP contribution in [0.2, 0.25) is 0 Å². The molecule has 1 heterocycles. The summed E-state index contributed by atoms with van der Waals surface area (Å²) in [5.41, 5.74) is 7.11. The zero-order valence-electron chi connectivity index (χ0n) is 10.3. The number of anilines is 1. The van der Waals surface area contributed by atoms with Gasteiger partial charge in [0.2, 0.25) is 0 Å². The summed E-state index contributed by atoms with van der Waals surface area (Å²) in [6.45, 7) is 0. The van der Waals surface area contributed by atoms with Crippen molar-refractivity contribution in [2.75, 3.05) is 5.73 Å². The van der Waals surface area contributed by atoms with E-state index in [0.717, 1.165) is 5.39 Å². The van der Waals surface area contributed by atoms with Crippen molar-refractivity contribution in [1.29, 1.82) is 0 Å². The van der Waals surface area contributed by atoms with Crippen molar-refractivity contribution >= 4 is 32.5 Å². The molecule has 3 aromatic rings. The Hall–Kier alpha value is -2.14. The molecule has 0 amide bonds. The molecule has 0 aliphatic carbocycles. The fourth-order valence-corrected chi connectivity index (χ4v) is 2.26. The van der Waals surface area contributed by atoms with Gasteiger partial charge in [-0.1, -0.05) is 15.9 Å². The Morgan fingerprint density at radius 3 is 2.70 bits per heavy atom. The standard InChI is InChI=1S/C15H10BrFN2O/c16-9-3-5-13(11(17)8-9)20-14-6-4-12(18)10-2-1-7-19-15(10)14/h1-8H,18H2. The van der Waals surface area contributed by atoms with Crippen LogP contribution >= 0.6 is 15.9 Å². The minimum Gasteiger partial charge on any atom is -0.452 e. The third kappa shape index (κ3) is 2.32. The van der Waals surface area contributed by atoms with E-state index in [4.69, 9.17) is 10.5 Å². The smallest absolute Gasteiger partial charge is 0.166 e. The molecule has 0 spiro atoms. The summed E-state index contributed by atoms with van der Waals surface area (Å²) in [5.74, 6) is 0.168. The van der Waals surface area contributed by atoms with Crippen molar-refractivity contribution in [3.05, 3.63) is 59.0 Å². The lowest BCUT2D eigenvalue weighted by atomic mass is 10.1. The van der Waals surface area contributed by atoms with Crippen LogP contribution in [0.25, 0.3) is 10.9 Å². The number of ether oxygens (including phenoxy) is 1. The predicted molar refractivity (Wildman–Crippen MR) is 80.3 cm³/mol. The summed E-state index contributed by atoms with van der Waals surface area (Å²) in [6.07, 6.45) is 1.65. The van der Waals surface area contributed by atoms with Gasteiger partial charge < -0.3 is 10.5 Å².